The molecule has 4 nitrogen and oxygen atoms in total. The van der Waals surface area contributed by atoms with Crippen LogP contribution in [0.15, 0.2) is 16.8 Å². The number of amides is 1. The topological polar surface area (TPSA) is 32.8 Å². The Morgan fingerprint density at radius 3 is 2.81 bits per heavy atom. The lowest BCUT2D eigenvalue weighted by atomic mass is 10.00. The molecule has 1 amide bonds. The Bertz CT molecular complexity index is 449. The van der Waals surface area contributed by atoms with Gasteiger partial charge in [-0.3, -0.25) is 9.69 Å². The van der Waals surface area contributed by atoms with Gasteiger partial charge in [-0.25, -0.2) is 0 Å². The maximum absolute atomic E-state index is 12.5. The van der Waals surface area contributed by atoms with E-state index in [2.05, 4.69) is 28.7 Å². The van der Waals surface area contributed by atoms with Gasteiger partial charge in [0.25, 0.3) is 0 Å². The summed E-state index contributed by atoms with van der Waals surface area (Å²) in [5.41, 5.74) is 1.39. The number of rotatable bonds is 3. The molecule has 3 rings (SSSR count). The Hall–Kier alpha value is -0.910. The van der Waals surface area contributed by atoms with Gasteiger partial charge in [-0.1, -0.05) is 0 Å². The van der Waals surface area contributed by atoms with Crippen LogP contribution in [0.5, 0.6) is 0 Å². The van der Waals surface area contributed by atoms with E-state index < -0.39 is 0 Å². The van der Waals surface area contributed by atoms with Crippen LogP contribution in [0.2, 0.25) is 0 Å². The van der Waals surface area contributed by atoms with Crippen LogP contribution in [-0.4, -0.2) is 55.1 Å². The van der Waals surface area contributed by atoms with Gasteiger partial charge < -0.3 is 9.64 Å². The fourth-order valence-corrected chi connectivity index (χ4v) is 3.99. The molecule has 0 bridgehead atoms. The van der Waals surface area contributed by atoms with Crippen molar-refractivity contribution < 1.29 is 9.53 Å². The van der Waals surface area contributed by atoms with Crippen LogP contribution in [0.4, 0.5) is 0 Å². The molecule has 0 N–H and O–H groups in total. The average molecular weight is 308 g/mol. The Balaban J connectivity index is 1.51. The van der Waals surface area contributed by atoms with Crippen molar-refractivity contribution in [2.45, 2.75) is 25.8 Å². The standard InChI is InChI=1S/C16H24N2O2S/c1-13(15-4-10-21-12-15)17-5-7-18(8-6-17)16(19)14-3-2-9-20-11-14/h4,10,12-14H,2-3,5-9,11H2,1H3. The summed E-state index contributed by atoms with van der Waals surface area (Å²) in [5, 5.41) is 4.36. The molecule has 0 radical (unpaired) electrons. The molecule has 0 aromatic carbocycles. The summed E-state index contributed by atoms with van der Waals surface area (Å²) >= 11 is 1.75. The van der Waals surface area contributed by atoms with E-state index in [1.165, 1.54) is 5.56 Å². The normalized spacial score (nSPS) is 25.8. The van der Waals surface area contributed by atoms with Crippen molar-refractivity contribution in [1.29, 1.82) is 0 Å². The maximum Gasteiger partial charge on any atom is 0.228 e. The monoisotopic (exact) mass is 308 g/mol. The summed E-state index contributed by atoms with van der Waals surface area (Å²) in [4.78, 5) is 17.0. The molecule has 2 fully saturated rings. The predicted octanol–water partition coefficient (Wildman–Crippen LogP) is 2.38. The van der Waals surface area contributed by atoms with Gasteiger partial charge in [-0.05, 0) is 42.2 Å². The minimum absolute atomic E-state index is 0.0968. The van der Waals surface area contributed by atoms with E-state index in [0.29, 0.717) is 18.6 Å². The zero-order valence-electron chi connectivity index (χ0n) is 12.7. The first-order valence-electron chi connectivity index (χ1n) is 7.88. The van der Waals surface area contributed by atoms with E-state index in [-0.39, 0.29) is 5.92 Å². The van der Waals surface area contributed by atoms with Gasteiger partial charge in [0.15, 0.2) is 0 Å². The highest BCUT2D eigenvalue weighted by molar-refractivity contribution is 7.07. The van der Waals surface area contributed by atoms with Crippen LogP contribution in [0.3, 0.4) is 0 Å². The zero-order valence-corrected chi connectivity index (χ0v) is 13.5. The second kappa shape index (κ2) is 6.90. The SMILES string of the molecule is CC(c1ccsc1)N1CCN(C(=O)C2CCCOC2)CC1. The van der Waals surface area contributed by atoms with Crippen molar-refractivity contribution in [3.05, 3.63) is 22.4 Å². The second-order valence-electron chi connectivity index (χ2n) is 6.01. The van der Waals surface area contributed by atoms with Crippen LogP contribution >= 0.6 is 11.3 Å². The summed E-state index contributed by atoms with van der Waals surface area (Å²) in [5.74, 6) is 0.400. The maximum atomic E-state index is 12.5. The highest BCUT2D eigenvalue weighted by atomic mass is 32.1. The zero-order chi connectivity index (χ0) is 14.7. The minimum Gasteiger partial charge on any atom is -0.381 e. The van der Waals surface area contributed by atoms with Crippen molar-refractivity contribution in [3.63, 3.8) is 0 Å². The Morgan fingerprint density at radius 1 is 1.38 bits per heavy atom. The lowest BCUT2D eigenvalue weighted by molar-refractivity contribution is -0.141. The number of hydrogen-bond acceptors (Lipinski definition) is 4. The van der Waals surface area contributed by atoms with Gasteiger partial charge in [0.2, 0.25) is 5.91 Å². The Kier molecular flexibility index (Phi) is 4.93. The van der Waals surface area contributed by atoms with E-state index in [9.17, 15) is 4.79 Å². The van der Waals surface area contributed by atoms with Gasteiger partial charge in [-0.15, -0.1) is 0 Å². The third-order valence-corrected chi connectivity index (χ3v) is 5.41. The molecular weight excluding hydrogens is 284 g/mol. The van der Waals surface area contributed by atoms with Gasteiger partial charge in [-0.2, -0.15) is 11.3 Å². The van der Waals surface area contributed by atoms with Gasteiger partial charge in [0, 0.05) is 38.8 Å². The molecule has 21 heavy (non-hydrogen) atoms. The van der Waals surface area contributed by atoms with E-state index >= 15 is 0 Å². The van der Waals surface area contributed by atoms with Crippen LogP contribution < -0.4 is 0 Å². The largest absolute Gasteiger partial charge is 0.381 e. The molecule has 2 atom stereocenters. The van der Waals surface area contributed by atoms with Crippen molar-refractivity contribution in [3.8, 4) is 0 Å². The molecule has 0 saturated carbocycles. The molecule has 3 heterocycles. The number of hydrogen-bond donors (Lipinski definition) is 0. The number of carbonyl (C=O) groups excluding carboxylic acids is 1. The summed E-state index contributed by atoms with van der Waals surface area (Å²) in [6.07, 6.45) is 2.01. The summed E-state index contributed by atoms with van der Waals surface area (Å²) in [7, 11) is 0. The van der Waals surface area contributed by atoms with Crippen molar-refractivity contribution >= 4 is 17.2 Å². The van der Waals surface area contributed by atoms with E-state index in [1.807, 2.05) is 4.90 Å². The lowest BCUT2D eigenvalue weighted by Gasteiger charge is -2.39. The average Bonchev–Trinajstić information content (AvgIpc) is 3.09. The highest BCUT2D eigenvalue weighted by Gasteiger charge is 2.30. The molecule has 2 aliphatic rings. The van der Waals surface area contributed by atoms with Gasteiger partial charge in [0.05, 0.1) is 12.5 Å². The van der Waals surface area contributed by atoms with Crippen LogP contribution in [0.1, 0.15) is 31.4 Å². The van der Waals surface area contributed by atoms with E-state index in [1.54, 1.807) is 11.3 Å². The predicted molar refractivity (Wildman–Crippen MR) is 84.4 cm³/mol. The quantitative estimate of drug-likeness (QED) is 0.859. The third kappa shape index (κ3) is 3.47. The minimum atomic E-state index is 0.0968. The molecule has 1 aromatic heterocycles. The first-order valence-corrected chi connectivity index (χ1v) is 8.82. The number of ether oxygens (including phenoxy) is 1. The van der Waals surface area contributed by atoms with E-state index in [4.69, 9.17) is 4.74 Å². The molecule has 0 aliphatic carbocycles. The van der Waals surface area contributed by atoms with Crippen LogP contribution in [0, 0.1) is 5.92 Å². The van der Waals surface area contributed by atoms with Gasteiger partial charge in [0.1, 0.15) is 0 Å². The molecule has 116 valence electrons. The van der Waals surface area contributed by atoms with Crippen molar-refractivity contribution in [1.82, 2.24) is 9.80 Å². The Morgan fingerprint density at radius 2 is 2.19 bits per heavy atom. The van der Waals surface area contributed by atoms with Crippen LogP contribution in [-0.2, 0) is 9.53 Å². The summed E-state index contributed by atoms with van der Waals surface area (Å²) in [6, 6.07) is 2.65. The fraction of sp³-hybridized carbons (Fsp3) is 0.688. The molecular formula is C16H24N2O2S. The number of nitrogens with zero attached hydrogens (tertiary/aromatic N) is 2. The third-order valence-electron chi connectivity index (χ3n) is 4.71. The van der Waals surface area contributed by atoms with Crippen LogP contribution in [0.25, 0.3) is 0 Å². The first kappa shape index (κ1) is 15.0. The number of thiophene rings is 1. The van der Waals surface area contributed by atoms with Crippen molar-refractivity contribution in [2.75, 3.05) is 39.4 Å². The molecule has 1 aromatic rings. The summed E-state index contributed by atoms with van der Waals surface area (Å²) < 4.78 is 5.45. The first-order chi connectivity index (χ1) is 10.3. The van der Waals surface area contributed by atoms with E-state index in [0.717, 1.165) is 45.6 Å². The molecule has 2 aliphatic heterocycles. The van der Waals surface area contributed by atoms with Gasteiger partial charge >= 0.3 is 0 Å². The smallest absolute Gasteiger partial charge is 0.228 e. The molecule has 2 unspecified atom stereocenters. The Labute approximate surface area is 130 Å². The second-order valence-corrected chi connectivity index (χ2v) is 6.79. The lowest BCUT2D eigenvalue weighted by Crippen LogP contribution is -2.51. The molecule has 2 saturated heterocycles. The fourth-order valence-electron chi connectivity index (χ4n) is 3.25. The molecule has 5 heteroatoms. The highest BCUT2D eigenvalue weighted by Crippen LogP contribution is 2.24. The summed E-state index contributed by atoms with van der Waals surface area (Å²) in [6.45, 7) is 7.33. The van der Waals surface area contributed by atoms with Crippen molar-refractivity contribution in [2.24, 2.45) is 5.92 Å². The number of piperazine rings is 1. The number of carbonyl (C=O) groups is 1. The molecule has 0 spiro atoms.